The molecule has 2 aromatic rings. The van der Waals surface area contributed by atoms with Gasteiger partial charge in [0, 0.05) is 12.4 Å². The van der Waals surface area contributed by atoms with Gasteiger partial charge in [0.05, 0.1) is 22.6 Å². The predicted molar refractivity (Wildman–Crippen MR) is 57.6 cm³/mol. The van der Waals surface area contributed by atoms with Crippen LogP contribution in [0.2, 0.25) is 0 Å². The van der Waals surface area contributed by atoms with Crippen LogP contribution in [-0.2, 0) is 0 Å². The third-order valence-corrected chi connectivity index (χ3v) is 2.01. The molecule has 0 aliphatic rings. The number of hydrogen-bond donors (Lipinski definition) is 1. The van der Waals surface area contributed by atoms with Gasteiger partial charge >= 0.3 is 0 Å². The van der Waals surface area contributed by atoms with Gasteiger partial charge in [-0.3, -0.25) is 15.1 Å². The number of nitrogens with one attached hydrogen (secondary N) is 1. The van der Waals surface area contributed by atoms with Crippen molar-refractivity contribution < 1.29 is 0 Å². The van der Waals surface area contributed by atoms with E-state index in [1.165, 1.54) is 0 Å². The summed E-state index contributed by atoms with van der Waals surface area (Å²) in [5.74, 6) is 0. The molecular weight excluding hydrogens is 300 g/mol. The normalized spacial score (nSPS) is 9.31. The van der Waals surface area contributed by atoms with Crippen LogP contribution >= 0.6 is 32.9 Å². The molecule has 2 rings (SSSR count). The number of aromatic amines is 1. The third-order valence-electron chi connectivity index (χ3n) is 1.41. The lowest BCUT2D eigenvalue weighted by molar-refractivity contribution is 1.08. The molecule has 0 amide bonds. The second-order valence-electron chi connectivity index (χ2n) is 2.18. The van der Waals surface area contributed by atoms with E-state index in [0.29, 0.717) is 0 Å². The molecule has 0 bridgehead atoms. The molecule has 68 valence electrons. The minimum atomic E-state index is 0. The first kappa shape index (κ1) is 10.3. The van der Waals surface area contributed by atoms with Gasteiger partial charge in [-0.2, -0.15) is 5.10 Å². The van der Waals surface area contributed by atoms with Crippen LogP contribution < -0.4 is 0 Å². The third kappa shape index (κ3) is 2.13. The largest absolute Gasteiger partial charge is 0.275 e. The second kappa shape index (κ2) is 4.48. The van der Waals surface area contributed by atoms with Crippen LogP contribution in [0.25, 0.3) is 11.4 Å². The van der Waals surface area contributed by atoms with Crippen LogP contribution in [0.5, 0.6) is 0 Å². The van der Waals surface area contributed by atoms with E-state index in [2.05, 4.69) is 36.1 Å². The van der Waals surface area contributed by atoms with Crippen LogP contribution in [0.4, 0.5) is 0 Å². The molecule has 0 aliphatic carbocycles. The Bertz CT molecular complexity index is 373. The molecule has 0 aromatic carbocycles. The maximum Gasteiger partial charge on any atom is 0.107 e. The van der Waals surface area contributed by atoms with Crippen LogP contribution in [0.3, 0.4) is 0 Å². The first-order chi connectivity index (χ1) is 5.88. The Morgan fingerprint density at radius 2 is 2.08 bits per heavy atom. The quantitative estimate of drug-likeness (QED) is 0.879. The molecule has 0 fully saturated rings. The summed E-state index contributed by atoms with van der Waals surface area (Å²) in [4.78, 5) is 8.07. The zero-order valence-corrected chi connectivity index (χ0v) is 9.74. The Labute approximate surface area is 93.7 Å². The van der Waals surface area contributed by atoms with Crippen molar-refractivity contribution in [2.75, 3.05) is 0 Å². The average Bonchev–Trinajstić information content (AvgIpc) is 2.53. The molecule has 4 nitrogen and oxygen atoms in total. The lowest BCUT2D eigenvalue weighted by Gasteiger charge is -1.94. The topological polar surface area (TPSA) is 54.5 Å². The SMILES string of the molecule is Br.Brc1cn[nH]c1-c1cnccn1. The zero-order chi connectivity index (χ0) is 8.39. The number of halogens is 2. The molecule has 0 spiro atoms. The van der Waals surface area contributed by atoms with E-state index in [0.717, 1.165) is 15.9 Å². The highest BCUT2D eigenvalue weighted by Gasteiger charge is 2.04. The van der Waals surface area contributed by atoms with Crippen molar-refractivity contribution in [2.45, 2.75) is 0 Å². The molecule has 0 saturated heterocycles. The molecule has 13 heavy (non-hydrogen) atoms. The Morgan fingerprint density at radius 1 is 1.23 bits per heavy atom. The fourth-order valence-corrected chi connectivity index (χ4v) is 1.27. The minimum absolute atomic E-state index is 0. The molecule has 0 atom stereocenters. The van der Waals surface area contributed by atoms with Gasteiger partial charge < -0.3 is 0 Å². The Hall–Kier alpha value is -0.750. The van der Waals surface area contributed by atoms with E-state index in [1.54, 1.807) is 24.8 Å². The maximum atomic E-state index is 4.12. The molecule has 0 unspecified atom stereocenters. The lowest BCUT2D eigenvalue weighted by Crippen LogP contribution is -1.84. The van der Waals surface area contributed by atoms with Gasteiger partial charge in [-0.25, -0.2) is 0 Å². The molecule has 2 heterocycles. The van der Waals surface area contributed by atoms with Crippen LogP contribution in [-0.4, -0.2) is 20.2 Å². The number of rotatable bonds is 1. The maximum absolute atomic E-state index is 4.12. The summed E-state index contributed by atoms with van der Waals surface area (Å²) < 4.78 is 0.892. The molecule has 1 N–H and O–H groups in total. The van der Waals surface area contributed by atoms with Gasteiger partial charge in [-0.15, -0.1) is 17.0 Å². The smallest absolute Gasteiger partial charge is 0.107 e. The summed E-state index contributed by atoms with van der Waals surface area (Å²) in [6.07, 6.45) is 6.64. The van der Waals surface area contributed by atoms with Crippen LogP contribution in [0.1, 0.15) is 0 Å². The van der Waals surface area contributed by atoms with Crippen molar-refractivity contribution in [3.8, 4) is 11.4 Å². The van der Waals surface area contributed by atoms with Crippen LogP contribution in [0, 0.1) is 0 Å². The number of H-pyrrole nitrogens is 1. The monoisotopic (exact) mass is 304 g/mol. The van der Waals surface area contributed by atoms with E-state index in [9.17, 15) is 0 Å². The standard InChI is InChI=1S/C7H5BrN4.BrH/c8-5-3-11-12-7(5)6-4-9-1-2-10-6;/h1-4H,(H,11,12);1H. The molecular formula is C7H6Br2N4. The Morgan fingerprint density at radius 3 is 2.62 bits per heavy atom. The molecule has 0 saturated carbocycles. The van der Waals surface area contributed by atoms with Crippen molar-refractivity contribution in [3.63, 3.8) is 0 Å². The van der Waals surface area contributed by atoms with Crippen molar-refractivity contribution in [3.05, 3.63) is 29.3 Å². The fourth-order valence-electron chi connectivity index (χ4n) is 0.879. The first-order valence-electron chi connectivity index (χ1n) is 3.33. The highest BCUT2D eigenvalue weighted by Crippen LogP contribution is 2.22. The van der Waals surface area contributed by atoms with Gasteiger partial charge in [-0.05, 0) is 15.9 Å². The minimum Gasteiger partial charge on any atom is -0.275 e. The Kier molecular flexibility index (Phi) is 3.56. The predicted octanol–water partition coefficient (Wildman–Crippen LogP) is 2.21. The highest BCUT2D eigenvalue weighted by molar-refractivity contribution is 9.10. The van der Waals surface area contributed by atoms with Crippen molar-refractivity contribution in [1.29, 1.82) is 0 Å². The van der Waals surface area contributed by atoms with Crippen molar-refractivity contribution >= 4 is 32.9 Å². The molecule has 6 heteroatoms. The number of hydrogen-bond acceptors (Lipinski definition) is 3. The molecule has 0 radical (unpaired) electrons. The summed E-state index contributed by atoms with van der Waals surface area (Å²) in [6, 6.07) is 0. The van der Waals surface area contributed by atoms with E-state index in [-0.39, 0.29) is 17.0 Å². The molecule has 2 aromatic heterocycles. The van der Waals surface area contributed by atoms with Gasteiger partial charge in [0.1, 0.15) is 5.69 Å². The summed E-state index contributed by atoms with van der Waals surface area (Å²) in [6.45, 7) is 0. The van der Waals surface area contributed by atoms with E-state index < -0.39 is 0 Å². The Balaban J connectivity index is 0.000000845. The number of aromatic nitrogens is 4. The van der Waals surface area contributed by atoms with E-state index in [4.69, 9.17) is 0 Å². The van der Waals surface area contributed by atoms with Crippen LogP contribution in [0.15, 0.2) is 29.3 Å². The lowest BCUT2D eigenvalue weighted by atomic mass is 10.3. The van der Waals surface area contributed by atoms with E-state index in [1.807, 2.05) is 0 Å². The second-order valence-corrected chi connectivity index (χ2v) is 3.04. The highest BCUT2D eigenvalue weighted by atomic mass is 79.9. The van der Waals surface area contributed by atoms with E-state index >= 15 is 0 Å². The zero-order valence-electron chi connectivity index (χ0n) is 6.44. The van der Waals surface area contributed by atoms with Crippen molar-refractivity contribution in [1.82, 2.24) is 20.2 Å². The summed E-state index contributed by atoms with van der Waals surface area (Å²) in [5, 5.41) is 6.68. The van der Waals surface area contributed by atoms with Gasteiger partial charge in [0.15, 0.2) is 0 Å². The summed E-state index contributed by atoms with van der Waals surface area (Å²) in [7, 11) is 0. The van der Waals surface area contributed by atoms with Gasteiger partial charge in [0.25, 0.3) is 0 Å². The fraction of sp³-hybridized carbons (Fsp3) is 0. The van der Waals surface area contributed by atoms with Gasteiger partial charge in [0.2, 0.25) is 0 Å². The summed E-state index contributed by atoms with van der Waals surface area (Å²) in [5.41, 5.74) is 1.63. The van der Waals surface area contributed by atoms with Gasteiger partial charge in [-0.1, -0.05) is 0 Å². The molecule has 0 aliphatic heterocycles. The summed E-state index contributed by atoms with van der Waals surface area (Å²) >= 11 is 3.34. The number of nitrogens with zero attached hydrogens (tertiary/aromatic N) is 3. The first-order valence-corrected chi connectivity index (χ1v) is 4.12. The average molecular weight is 306 g/mol. The van der Waals surface area contributed by atoms with Crippen molar-refractivity contribution in [2.24, 2.45) is 0 Å².